The Morgan fingerprint density at radius 2 is 2.17 bits per heavy atom. The van der Waals surface area contributed by atoms with Crippen LogP contribution in [0.1, 0.15) is 38.5 Å². The van der Waals surface area contributed by atoms with E-state index < -0.39 is 0 Å². The highest BCUT2D eigenvalue weighted by molar-refractivity contribution is 6.33. The van der Waals surface area contributed by atoms with Crippen LogP contribution >= 0.6 is 11.6 Å². The van der Waals surface area contributed by atoms with E-state index in [2.05, 4.69) is 22.5 Å². The lowest BCUT2D eigenvalue weighted by Crippen LogP contribution is -2.42. The average Bonchev–Trinajstić information content (AvgIpc) is 2.58. The number of aromatic nitrogens is 1. The predicted octanol–water partition coefficient (Wildman–Crippen LogP) is 3.88. The van der Waals surface area contributed by atoms with Crippen molar-refractivity contribution >= 4 is 23.2 Å². The molecule has 2 heterocycles. The van der Waals surface area contributed by atoms with E-state index in [1.54, 1.807) is 12.4 Å². The number of pyridine rings is 1. The third-order valence-electron chi connectivity index (χ3n) is 4.77. The molecule has 1 aromatic rings. The molecule has 1 aliphatic carbocycles. The molecular weight excluding hydrogens is 310 g/mol. The third kappa shape index (κ3) is 4.47. The summed E-state index contributed by atoms with van der Waals surface area (Å²) in [7, 11) is 0. The first-order chi connectivity index (χ1) is 11.2. The number of amides is 1. The summed E-state index contributed by atoms with van der Waals surface area (Å²) >= 11 is 6.14. The number of piperidine rings is 1. The maximum atomic E-state index is 12.4. The van der Waals surface area contributed by atoms with Gasteiger partial charge in [0.2, 0.25) is 5.91 Å². The molecule has 1 atom stereocenters. The summed E-state index contributed by atoms with van der Waals surface area (Å²) in [5.41, 5.74) is 0.929. The first-order valence-electron chi connectivity index (χ1n) is 8.53. The second-order valence-electron chi connectivity index (χ2n) is 6.48. The minimum atomic E-state index is 0.307. The standard InChI is InChI=1S/C18H24ClN3O/c19-16-13-20-9-6-17(16)21-15-7-10-22(11-8-15)18(23)12-14-4-2-1-3-5-14/h2,4,6,9,13-15H,1,3,5,7-8,10-12H2,(H,20,21). The predicted molar refractivity (Wildman–Crippen MR) is 93.6 cm³/mol. The number of nitrogens with one attached hydrogen (secondary N) is 1. The fourth-order valence-electron chi connectivity index (χ4n) is 3.39. The molecule has 0 spiro atoms. The van der Waals surface area contributed by atoms with Crippen LogP contribution in [0.15, 0.2) is 30.6 Å². The van der Waals surface area contributed by atoms with Crippen molar-refractivity contribution in [2.45, 2.75) is 44.6 Å². The van der Waals surface area contributed by atoms with Crippen molar-refractivity contribution < 1.29 is 4.79 Å². The van der Waals surface area contributed by atoms with Crippen LogP contribution in [0, 0.1) is 5.92 Å². The normalized spacial score (nSPS) is 22.1. The van der Waals surface area contributed by atoms with Crippen LogP contribution in [0.5, 0.6) is 0 Å². The summed E-state index contributed by atoms with van der Waals surface area (Å²) in [5.74, 6) is 0.754. The van der Waals surface area contributed by atoms with Gasteiger partial charge < -0.3 is 10.2 Å². The van der Waals surface area contributed by atoms with Crippen LogP contribution in [-0.4, -0.2) is 34.9 Å². The highest BCUT2D eigenvalue weighted by atomic mass is 35.5. The molecule has 3 rings (SSSR count). The number of likely N-dealkylation sites (tertiary alicyclic amines) is 1. The SMILES string of the molecule is O=C(CC1C=CCCC1)N1CCC(Nc2ccncc2Cl)CC1. The van der Waals surface area contributed by atoms with Gasteiger partial charge in [-0.3, -0.25) is 9.78 Å². The summed E-state index contributed by atoms with van der Waals surface area (Å²) in [6.07, 6.45) is 14.0. The van der Waals surface area contributed by atoms with E-state index in [0.29, 0.717) is 29.3 Å². The number of allylic oxidation sites excluding steroid dienone is 2. The van der Waals surface area contributed by atoms with E-state index in [9.17, 15) is 4.79 Å². The minimum Gasteiger partial charge on any atom is -0.381 e. The monoisotopic (exact) mass is 333 g/mol. The Hall–Kier alpha value is -1.55. The molecule has 124 valence electrons. The van der Waals surface area contributed by atoms with E-state index in [4.69, 9.17) is 11.6 Å². The van der Waals surface area contributed by atoms with E-state index in [1.807, 2.05) is 11.0 Å². The van der Waals surface area contributed by atoms with Crippen LogP contribution in [0.4, 0.5) is 5.69 Å². The van der Waals surface area contributed by atoms with Gasteiger partial charge >= 0.3 is 0 Å². The van der Waals surface area contributed by atoms with E-state index in [-0.39, 0.29) is 0 Å². The van der Waals surface area contributed by atoms with Crippen LogP contribution in [0.25, 0.3) is 0 Å². The van der Waals surface area contributed by atoms with Crippen molar-refractivity contribution in [2.24, 2.45) is 5.92 Å². The molecule has 2 aliphatic rings. The summed E-state index contributed by atoms with van der Waals surface area (Å²) in [5, 5.41) is 4.12. The second-order valence-corrected chi connectivity index (χ2v) is 6.89. The molecule has 5 heteroatoms. The van der Waals surface area contributed by atoms with E-state index in [0.717, 1.165) is 38.0 Å². The zero-order valence-electron chi connectivity index (χ0n) is 13.4. The number of rotatable bonds is 4. The van der Waals surface area contributed by atoms with Gasteiger partial charge in [0.25, 0.3) is 0 Å². The van der Waals surface area contributed by atoms with Crippen LogP contribution < -0.4 is 5.32 Å². The molecule has 1 N–H and O–H groups in total. The van der Waals surface area contributed by atoms with Gasteiger partial charge in [-0.15, -0.1) is 0 Å². The Bertz CT molecular complexity index is 567. The van der Waals surface area contributed by atoms with Gasteiger partial charge in [-0.25, -0.2) is 0 Å². The quantitative estimate of drug-likeness (QED) is 0.850. The van der Waals surface area contributed by atoms with Crippen LogP contribution in [0.2, 0.25) is 5.02 Å². The number of anilines is 1. The highest BCUT2D eigenvalue weighted by Gasteiger charge is 2.24. The van der Waals surface area contributed by atoms with Crippen molar-refractivity contribution in [3.05, 3.63) is 35.6 Å². The molecule has 0 radical (unpaired) electrons. The maximum Gasteiger partial charge on any atom is 0.223 e. The Balaban J connectivity index is 1.46. The molecule has 23 heavy (non-hydrogen) atoms. The average molecular weight is 334 g/mol. The summed E-state index contributed by atoms with van der Waals surface area (Å²) in [6, 6.07) is 2.27. The van der Waals surface area contributed by atoms with Gasteiger partial charge in [0.15, 0.2) is 0 Å². The Kier molecular flexibility index (Phi) is 5.55. The molecular formula is C18H24ClN3O. The summed E-state index contributed by atoms with van der Waals surface area (Å²) in [4.78, 5) is 18.4. The fourth-order valence-corrected chi connectivity index (χ4v) is 3.57. The summed E-state index contributed by atoms with van der Waals surface area (Å²) in [6.45, 7) is 1.66. The van der Waals surface area contributed by atoms with Crippen LogP contribution in [-0.2, 0) is 4.79 Å². The largest absolute Gasteiger partial charge is 0.381 e. The van der Waals surface area contributed by atoms with Crippen molar-refractivity contribution in [2.75, 3.05) is 18.4 Å². The molecule has 1 unspecified atom stereocenters. The number of carbonyl (C=O) groups is 1. The Morgan fingerprint density at radius 3 is 2.87 bits per heavy atom. The number of carbonyl (C=O) groups excluding carboxylic acids is 1. The molecule has 0 saturated carbocycles. The molecule has 1 fully saturated rings. The van der Waals surface area contributed by atoms with Crippen molar-refractivity contribution in [1.29, 1.82) is 0 Å². The minimum absolute atomic E-state index is 0.307. The lowest BCUT2D eigenvalue weighted by Gasteiger charge is -2.34. The molecule has 4 nitrogen and oxygen atoms in total. The number of nitrogens with zero attached hydrogens (tertiary/aromatic N) is 2. The molecule has 0 bridgehead atoms. The van der Waals surface area contributed by atoms with Gasteiger partial charge in [-0.05, 0) is 44.1 Å². The Labute approximate surface area is 142 Å². The third-order valence-corrected chi connectivity index (χ3v) is 5.07. The van der Waals surface area contributed by atoms with Crippen molar-refractivity contribution in [3.8, 4) is 0 Å². The zero-order chi connectivity index (χ0) is 16.1. The number of hydrogen-bond donors (Lipinski definition) is 1. The lowest BCUT2D eigenvalue weighted by atomic mass is 9.92. The van der Waals surface area contributed by atoms with Gasteiger partial charge in [-0.2, -0.15) is 0 Å². The molecule has 0 aromatic carbocycles. The highest BCUT2D eigenvalue weighted by Crippen LogP contribution is 2.25. The van der Waals surface area contributed by atoms with Gasteiger partial charge in [0.05, 0.1) is 10.7 Å². The van der Waals surface area contributed by atoms with Crippen molar-refractivity contribution in [3.63, 3.8) is 0 Å². The molecule has 1 amide bonds. The Morgan fingerprint density at radius 1 is 1.35 bits per heavy atom. The first-order valence-corrected chi connectivity index (χ1v) is 8.90. The van der Waals surface area contributed by atoms with E-state index in [1.165, 1.54) is 12.8 Å². The van der Waals surface area contributed by atoms with Gasteiger partial charge in [0, 0.05) is 37.9 Å². The van der Waals surface area contributed by atoms with E-state index >= 15 is 0 Å². The summed E-state index contributed by atoms with van der Waals surface area (Å²) < 4.78 is 0. The maximum absolute atomic E-state index is 12.4. The topological polar surface area (TPSA) is 45.2 Å². The zero-order valence-corrected chi connectivity index (χ0v) is 14.1. The van der Waals surface area contributed by atoms with Crippen LogP contribution in [0.3, 0.4) is 0 Å². The number of halogens is 1. The van der Waals surface area contributed by atoms with Gasteiger partial charge in [-0.1, -0.05) is 23.8 Å². The van der Waals surface area contributed by atoms with Gasteiger partial charge in [0.1, 0.15) is 0 Å². The number of hydrogen-bond acceptors (Lipinski definition) is 3. The molecule has 1 saturated heterocycles. The smallest absolute Gasteiger partial charge is 0.223 e. The molecule has 1 aliphatic heterocycles. The lowest BCUT2D eigenvalue weighted by molar-refractivity contribution is -0.132. The van der Waals surface area contributed by atoms with Crippen molar-refractivity contribution in [1.82, 2.24) is 9.88 Å². The molecule has 1 aromatic heterocycles. The fraction of sp³-hybridized carbons (Fsp3) is 0.556. The first kappa shape index (κ1) is 16.3. The second kappa shape index (κ2) is 7.82.